The Kier molecular flexibility index (Phi) is 5.64. The third kappa shape index (κ3) is 4.57. The SMILES string of the molecule is CCCC[C@H](N)C(=O)Nc1cc(S(C)(=O)=O)ccc1F. The zero-order valence-corrected chi connectivity index (χ0v) is 12.3. The van der Waals surface area contributed by atoms with Crippen LogP contribution in [0.1, 0.15) is 26.2 Å². The highest BCUT2D eigenvalue weighted by Gasteiger charge is 2.17. The van der Waals surface area contributed by atoms with Crippen molar-refractivity contribution in [1.82, 2.24) is 0 Å². The molecule has 0 radical (unpaired) electrons. The molecule has 1 atom stereocenters. The van der Waals surface area contributed by atoms with Crippen LogP contribution in [0.5, 0.6) is 0 Å². The van der Waals surface area contributed by atoms with Crippen molar-refractivity contribution in [3.05, 3.63) is 24.0 Å². The molecule has 0 unspecified atom stereocenters. The van der Waals surface area contributed by atoms with Crippen molar-refractivity contribution < 1.29 is 17.6 Å². The zero-order chi connectivity index (χ0) is 15.3. The quantitative estimate of drug-likeness (QED) is 0.782. The van der Waals surface area contributed by atoms with Gasteiger partial charge in [0, 0.05) is 6.26 Å². The number of carbonyl (C=O) groups excluding carboxylic acids is 1. The number of rotatable bonds is 6. The van der Waals surface area contributed by atoms with Gasteiger partial charge in [0.1, 0.15) is 5.82 Å². The van der Waals surface area contributed by atoms with Gasteiger partial charge in [-0.15, -0.1) is 0 Å². The molecule has 0 bridgehead atoms. The maximum absolute atomic E-state index is 13.6. The van der Waals surface area contributed by atoms with Crippen LogP contribution < -0.4 is 11.1 Å². The number of benzene rings is 1. The normalized spacial score (nSPS) is 13.0. The molecular formula is C13H19FN2O3S. The number of hydrogen-bond donors (Lipinski definition) is 2. The summed E-state index contributed by atoms with van der Waals surface area (Å²) in [5.74, 6) is -1.23. The van der Waals surface area contributed by atoms with E-state index in [9.17, 15) is 17.6 Å². The van der Waals surface area contributed by atoms with Crippen molar-refractivity contribution >= 4 is 21.4 Å². The van der Waals surface area contributed by atoms with Crippen molar-refractivity contribution in [1.29, 1.82) is 0 Å². The summed E-state index contributed by atoms with van der Waals surface area (Å²) in [7, 11) is -3.46. The summed E-state index contributed by atoms with van der Waals surface area (Å²) in [6, 6.07) is 2.51. The van der Waals surface area contributed by atoms with Crippen molar-refractivity contribution in [3.63, 3.8) is 0 Å². The number of amides is 1. The molecule has 0 saturated carbocycles. The predicted molar refractivity (Wildman–Crippen MR) is 75.6 cm³/mol. The van der Waals surface area contributed by atoms with E-state index < -0.39 is 27.6 Å². The molecular weight excluding hydrogens is 283 g/mol. The van der Waals surface area contributed by atoms with E-state index >= 15 is 0 Å². The molecule has 0 heterocycles. The number of anilines is 1. The summed E-state index contributed by atoms with van der Waals surface area (Å²) in [4.78, 5) is 11.7. The molecule has 0 fully saturated rings. The third-order valence-electron chi connectivity index (χ3n) is 2.83. The van der Waals surface area contributed by atoms with Crippen LogP contribution in [0.15, 0.2) is 23.1 Å². The lowest BCUT2D eigenvalue weighted by Crippen LogP contribution is -2.35. The van der Waals surface area contributed by atoms with Gasteiger partial charge in [-0.25, -0.2) is 12.8 Å². The molecule has 1 rings (SSSR count). The molecule has 1 aromatic carbocycles. The number of nitrogens with two attached hydrogens (primary N) is 1. The number of unbranched alkanes of at least 4 members (excludes halogenated alkanes) is 1. The third-order valence-corrected chi connectivity index (χ3v) is 3.94. The lowest BCUT2D eigenvalue weighted by molar-refractivity contribution is -0.117. The minimum atomic E-state index is -3.46. The highest BCUT2D eigenvalue weighted by atomic mass is 32.2. The Morgan fingerprint density at radius 3 is 2.65 bits per heavy atom. The molecule has 5 nitrogen and oxygen atoms in total. The van der Waals surface area contributed by atoms with E-state index in [1.807, 2.05) is 6.92 Å². The van der Waals surface area contributed by atoms with E-state index in [4.69, 9.17) is 5.73 Å². The van der Waals surface area contributed by atoms with Crippen LogP contribution in [0, 0.1) is 5.82 Å². The van der Waals surface area contributed by atoms with Crippen molar-refractivity contribution in [2.45, 2.75) is 37.1 Å². The van der Waals surface area contributed by atoms with Gasteiger partial charge in [0.25, 0.3) is 0 Å². The second-order valence-corrected chi connectivity index (χ2v) is 6.67. The van der Waals surface area contributed by atoms with Gasteiger partial charge in [0.2, 0.25) is 5.91 Å². The lowest BCUT2D eigenvalue weighted by atomic mass is 10.1. The Labute approximate surface area is 118 Å². The smallest absolute Gasteiger partial charge is 0.241 e. The molecule has 0 saturated heterocycles. The summed E-state index contributed by atoms with van der Waals surface area (Å²) in [6.45, 7) is 1.97. The minimum Gasteiger partial charge on any atom is -0.322 e. The fraction of sp³-hybridized carbons (Fsp3) is 0.462. The highest BCUT2D eigenvalue weighted by Crippen LogP contribution is 2.20. The summed E-state index contributed by atoms with van der Waals surface area (Å²) < 4.78 is 36.4. The topological polar surface area (TPSA) is 89.3 Å². The van der Waals surface area contributed by atoms with Crippen molar-refractivity contribution in [3.8, 4) is 0 Å². The average Bonchev–Trinajstić information content (AvgIpc) is 2.37. The Morgan fingerprint density at radius 1 is 1.45 bits per heavy atom. The first-order valence-electron chi connectivity index (χ1n) is 6.31. The van der Waals surface area contributed by atoms with E-state index in [1.54, 1.807) is 0 Å². The van der Waals surface area contributed by atoms with Crippen LogP contribution in [0.25, 0.3) is 0 Å². The lowest BCUT2D eigenvalue weighted by Gasteiger charge is -2.13. The molecule has 0 aliphatic rings. The average molecular weight is 302 g/mol. The van der Waals surface area contributed by atoms with Crippen LogP contribution in [-0.2, 0) is 14.6 Å². The van der Waals surface area contributed by atoms with Crippen molar-refractivity contribution in [2.24, 2.45) is 5.73 Å². The maximum Gasteiger partial charge on any atom is 0.241 e. The highest BCUT2D eigenvalue weighted by molar-refractivity contribution is 7.90. The van der Waals surface area contributed by atoms with Crippen molar-refractivity contribution in [2.75, 3.05) is 11.6 Å². The fourth-order valence-electron chi connectivity index (χ4n) is 1.61. The van der Waals surface area contributed by atoms with Gasteiger partial charge >= 0.3 is 0 Å². The van der Waals surface area contributed by atoms with E-state index in [0.717, 1.165) is 37.3 Å². The molecule has 0 spiro atoms. The fourth-order valence-corrected chi connectivity index (χ4v) is 2.26. The second-order valence-electron chi connectivity index (χ2n) is 4.65. The van der Waals surface area contributed by atoms with Crippen LogP contribution in [0.2, 0.25) is 0 Å². The Balaban J connectivity index is 2.89. The van der Waals surface area contributed by atoms with Crippen LogP contribution in [0.3, 0.4) is 0 Å². The van der Waals surface area contributed by atoms with Gasteiger partial charge in [-0.3, -0.25) is 4.79 Å². The first kappa shape index (κ1) is 16.6. The first-order chi connectivity index (χ1) is 9.25. The standard InChI is InChI=1S/C13H19FN2O3S/c1-3-4-5-11(15)13(17)16-12-8-9(20(2,18)19)6-7-10(12)14/h6-8,11H,3-5,15H2,1-2H3,(H,16,17)/t11-/m0/s1. The van der Waals surface area contributed by atoms with Gasteiger partial charge in [-0.2, -0.15) is 0 Å². The number of halogens is 1. The minimum absolute atomic E-state index is 0.0590. The summed E-state index contributed by atoms with van der Waals surface area (Å²) >= 11 is 0. The molecule has 20 heavy (non-hydrogen) atoms. The maximum atomic E-state index is 13.6. The van der Waals surface area contributed by atoms with E-state index in [-0.39, 0.29) is 10.6 Å². The Hall–Kier alpha value is -1.47. The van der Waals surface area contributed by atoms with E-state index in [2.05, 4.69) is 5.32 Å². The van der Waals surface area contributed by atoms with Gasteiger partial charge < -0.3 is 11.1 Å². The van der Waals surface area contributed by atoms with Crippen LogP contribution in [-0.4, -0.2) is 26.6 Å². The summed E-state index contributed by atoms with van der Waals surface area (Å²) in [6.07, 6.45) is 3.20. The second kappa shape index (κ2) is 6.81. The number of nitrogens with one attached hydrogen (secondary N) is 1. The van der Waals surface area contributed by atoms with Gasteiger partial charge in [-0.1, -0.05) is 19.8 Å². The van der Waals surface area contributed by atoms with Crippen LogP contribution in [0.4, 0.5) is 10.1 Å². The number of sulfone groups is 1. The van der Waals surface area contributed by atoms with E-state index in [1.165, 1.54) is 0 Å². The van der Waals surface area contributed by atoms with Crippen LogP contribution >= 0.6 is 0 Å². The van der Waals surface area contributed by atoms with E-state index in [0.29, 0.717) is 6.42 Å². The summed E-state index contributed by atoms with van der Waals surface area (Å²) in [5.41, 5.74) is 5.50. The molecule has 0 aromatic heterocycles. The zero-order valence-electron chi connectivity index (χ0n) is 11.5. The molecule has 1 amide bonds. The number of carbonyl (C=O) groups is 1. The van der Waals surface area contributed by atoms with Gasteiger partial charge in [0.15, 0.2) is 9.84 Å². The molecule has 1 aromatic rings. The monoisotopic (exact) mass is 302 g/mol. The molecule has 0 aliphatic heterocycles. The molecule has 7 heteroatoms. The number of hydrogen-bond acceptors (Lipinski definition) is 4. The Bertz CT molecular complexity index is 587. The predicted octanol–water partition coefficient (Wildman–Crippen LogP) is 1.69. The molecule has 112 valence electrons. The Morgan fingerprint density at radius 2 is 2.10 bits per heavy atom. The molecule has 0 aliphatic carbocycles. The van der Waals surface area contributed by atoms with Gasteiger partial charge in [-0.05, 0) is 24.6 Å². The largest absolute Gasteiger partial charge is 0.322 e. The first-order valence-corrected chi connectivity index (χ1v) is 8.21. The van der Waals surface area contributed by atoms with Gasteiger partial charge in [0.05, 0.1) is 16.6 Å². The summed E-state index contributed by atoms with van der Waals surface area (Å²) in [5, 5.41) is 2.33. The molecule has 3 N–H and O–H groups in total.